The van der Waals surface area contributed by atoms with Crippen molar-refractivity contribution in [1.82, 2.24) is 4.31 Å². The summed E-state index contributed by atoms with van der Waals surface area (Å²) in [6.45, 7) is 0.834. The third kappa shape index (κ3) is 3.39. The topological polar surface area (TPSA) is 75.4 Å². The van der Waals surface area contributed by atoms with Gasteiger partial charge < -0.3 is 11.1 Å². The number of nitrogens with zero attached hydrogens (tertiary/aromatic N) is 1. The van der Waals surface area contributed by atoms with Gasteiger partial charge in [0, 0.05) is 20.6 Å². The Hall–Kier alpha value is -1.27. The van der Waals surface area contributed by atoms with E-state index in [1.165, 1.54) is 37.3 Å². The maximum absolute atomic E-state index is 12.0. The molecule has 3 N–H and O–H groups in total. The summed E-state index contributed by atoms with van der Waals surface area (Å²) < 4.78 is 25.3. The average Bonchev–Trinajstić information content (AvgIpc) is 3.15. The molecule has 2 rings (SSSR count). The van der Waals surface area contributed by atoms with Crippen LogP contribution < -0.4 is 11.1 Å². The third-order valence-electron chi connectivity index (χ3n) is 3.37. The van der Waals surface area contributed by atoms with Gasteiger partial charge in [-0.1, -0.05) is 12.8 Å². The molecule has 106 valence electrons. The van der Waals surface area contributed by atoms with E-state index >= 15 is 0 Å². The summed E-state index contributed by atoms with van der Waals surface area (Å²) in [7, 11) is -0.368. The molecule has 0 atom stereocenters. The Balaban J connectivity index is 2.13. The average molecular weight is 283 g/mol. The summed E-state index contributed by atoms with van der Waals surface area (Å²) >= 11 is 0. The van der Waals surface area contributed by atoms with Crippen LogP contribution in [0.2, 0.25) is 0 Å². The fourth-order valence-corrected chi connectivity index (χ4v) is 2.81. The van der Waals surface area contributed by atoms with Crippen LogP contribution in [0.1, 0.15) is 19.3 Å². The molecule has 0 aliphatic heterocycles. The van der Waals surface area contributed by atoms with Crippen molar-refractivity contribution in [3.05, 3.63) is 18.2 Å². The van der Waals surface area contributed by atoms with Gasteiger partial charge in [-0.3, -0.25) is 0 Å². The van der Waals surface area contributed by atoms with Crippen molar-refractivity contribution in [1.29, 1.82) is 0 Å². The molecule has 0 radical (unpaired) electrons. The normalized spacial score (nSPS) is 15.7. The number of benzene rings is 1. The zero-order valence-corrected chi connectivity index (χ0v) is 12.2. The van der Waals surface area contributed by atoms with Gasteiger partial charge in [0.15, 0.2) is 0 Å². The first-order valence-corrected chi connectivity index (χ1v) is 7.91. The molecule has 1 aromatic rings. The monoisotopic (exact) mass is 283 g/mol. The van der Waals surface area contributed by atoms with Crippen LogP contribution in [0, 0.1) is 5.92 Å². The Labute approximate surface area is 114 Å². The number of rotatable bonds is 6. The number of sulfonamides is 1. The van der Waals surface area contributed by atoms with Crippen LogP contribution in [0.5, 0.6) is 0 Å². The highest BCUT2D eigenvalue weighted by molar-refractivity contribution is 7.89. The molecule has 0 heterocycles. The summed E-state index contributed by atoms with van der Waals surface area (Å²) in [6.07, 6.45) is 3.74. The van der Waals surface area contributed by atoms with Crippen LogP contribution in [0.25, 0.3) is 0 Å². The summed E-state index contributed by atoms with van der Waals surface area (Å²) in [5.74, 6) is 0.836. The van der Waals surface area contributed by atoms with E-state index in [-0.39, 0.29) is 4.90 Å². The molecule has 1 saturated carbocycles. The number of anilines is 2. The lowest BCUT2D eigenvalue weighted by molar-refractivity contribution is 0.521. The van der Waals surface area contributed by atoms with Crippen molar-refractivity contribution in [3.63, 3.8) is 0 Å². The van der Waals surface area contributed by atoms with Gasteiger partial charge in [0.2, 0.25) is 10.0 Å². The molecular weight excluding hydrogens is 262 g/mol. The summed E-state index contributed by atoms with van der Waals surface area (Å²) in [5.41, 5.74) is 7.15. The predicted molar refractivity (Wildman–Crippen MR) is 77.6 cm³/mol. The smallest absolute Gasteiger partial charge is 0.242 e. The van der Waals surface area contributed by atoms with Gasteiger partial charge >= 0.3 is 0 Å². The second kappa shape index (κ2) is 5.38. The standard InChI is InChI=1S/C13H21N3O2S/c1-16(2)19(17,18)11-5-6-12(14)13(9-11)15-8-7-10-3-4-10/h5-6,9-10,15H,3-4,7-8,14H2,1-2H3. The van der Waals surface area contributed by atoms with E-state index in [0.29, 0.717) is 11.4 Å². The van der Waals surface area contributed by atoms with Crippen LogP contribution in [-0.4, -0.2) is 33.4 Å². The number of hydrogen-bond acceptors (Lipinski definition) is 4. The summed E-state index contributed by atoms with van der Waals surface area (Å²) in [4.78, 5) is 0.264. The highest BCUT2D eigenvalue weighted by Gasteiger charge is 2.21. The molecule has 1 aliphatic carbocycles. The van der Waals surface area contributed by atoms with Crippen molar-refractivity contribution >= 4 is 21.4 Å². The van der Waals surface area contributed by atoms with Gasteiger partial charge in [-0.2, -0.15) is 0 Å². The quantitative estimate of drug-likeness (QED) is 0.780. The minimum atomic E-state index is -3.41. The van der Waals surface area contributed by atoms with E-state index in [9.17, 15) is 8.42 Å². The van der Waals surface area contributed by atoms with E-state index in [1.807, 2.05) is 0 Å². The van der Waals surface area contributed by atoms with Gasteiger partial charge in [-0.15, -0.1) is 0 Å². The van der Waals surface area contributed by atoms with Crippen molar-refractivity contribution in [3.8, 4) is 0 Å². The lowest BCUT2D eigenvalue weighted by Crippen LogP contribution is -2.22. The Morgan fingerprint density at radius 2 is 2.05 bits per heavy atom. The fraction of sp³-hybridized carbons (Fsp3) is 0.538. The van der Waals surface area contributed by atoms with E-state index in [2.05, 4.69) is 5.32 Å². The molecule has 5 nitrogen and oxygen atoms in total. The maximum Gasteiger partial charge on any atom is 0.242 e. The van der Waals surface area contributed by atoms with E-state index < -0.39 is 10.0 Å². The third-order valence-corrected chi connectivity index (χ3v) is 5.18. The molecule has 0 unspecified atom stereocenters. The highest BCUT2D eigenvalue weighted by Crippen LogP contribution is 2.32. The Kier molecular flexibility index (Phi) is 4.01. The van der Waals surface area contributed by atoms with E-state index in [4.69, 9.17) is 5.73 Å². The molecule has 1 aliphatic rings. The van der Waals surface area contributed by atoms with Crippen molar-refractivity contribution in [2.45, 2.75) is 24.2 Å². The molecule has 19 heavy (non-hydrogen) atoms. The highest BCUT2D eigenvalue weighted by atomic mass is 32.2. The van der Waals surface area contributed by atoms with Gasteiger partial charge in [-0.25, -0.2) is 12.7 Å². The molecule has 1 aromatic carbocycles. The molecule has 0 bridgehead atoms. The Morgan fingerprint density at radius 1 is 1.37 bits per heavy atom. The summed E-state index contributed by atoms with van der Waals surface area (Å²) in [6, 6.07) is 4.78. The zero-order chi connectivity index (χ0) is 14.0. The van der Waals surface area contributed by atoms with E-state index in [0.717, 1.165) is 18.9 Å². The molecule has 6 heteroatoms. The van der Waals surface area contributed by atoms with Crippen molar-refractivity contribution in [2.24, 2.45) is 5.92 Å². The number of nitrogens with two attached hydrogens (primary N) is 1. The molecule has 0 saturated heterocycles. The fourth-order valence-electron chi connectivity index (χ4n) is 1.88. The van der Waals surface area contributed by atoms with Gasteiger partial charge in [0.25, 0.3) is 0 Å². The minimum absolute atomic E-state index is 0.264. The van der Waals surface area contributed by atoms with E-state index in [1.54, 1.807) is 12.1 Å². The first-order valence-electron chi connectivity index (χ1n) is 6.47. The molecular formula is C13H21N3O2S. The number of nitrogen functional groups attached to an aromatic ring is 1. The lowest BCUT2D eigenvalue weighted by Gasteiger charge is -2.14. The lowest BCUT2D eigenvalue weighted by atomic mass is 10.2. The number of hydrogen-bond donors (Lipinski definition) is 2. The molecule has 1 fully saturated rings. The largest absolute Gasteiger partial charge is 0.397 e. The second-order valence-corrected chi connectivity index (χ2v) is 7.35. The van der Waals surface area contributed by atoms with Crippen molar-refractivity contribution < 1.29 is 8.42 Å². The Morgan fingerprint density at radius 3 is 2.63 bits per heavy atom. The van der Waals surface area contributed by atoms with Crippen LogP contribution in [0.15, 0.2) is 23.1 Å². The molecule has 0 spiro atoms. The zero-order valence-electron chi connectivity index (χ0n) is 11.4. The first kappa shape index (κ1) is 14.1. The van der Waals surface area contributed by atoms with Gasteiger partial charge in [0.05, 0.1) is 16.3 Å². The molecule has 0 aromatic heterocycles. The van der Waals surface area contributed by atoms with Crippen molar-refractivity contribution in [2.75, 3.05) is 31.7 Å². The van der Waals surface area contributed by atoms with Crippen LogP contribution >= 0.6 is 0 Å². The van der Waals surface area contributed by atoms with Gasteiger partial charge in [-0.05, 0) is 30.5 Å². The van der Waals surface area contributed by atoms with Crippen LogP contribution in [-0.2, 0) is 10.0 Å². The number of nitrogens with one attached hydrogen (secondary N) is 1. The van der Waals surface area contributed by atoms with Crippen LogP contribution in [0.3, 0.4) is 0 Å². The molecule has 0 amide bonds. The summed E-state index contributed by atoms with van der Waals surface area (Å²) in [5, 5.41) is 3.23. The maximum atomic E-state index is 12.0. The second-order valence-electron chi connectivity index (χ2n) is 5.20. The predicted octanol–water partition coefficient (Wildman–Crippen LogP) is 1.73. The SMILES string of the molecule is CN(C)S(=O)(=O)c1ccc(N)c(NCCC2CC2)c1. The first-order chi connectivity index (χ1) is 8.91. The van der Waals surface area contributed by atoms with Crippen LogP contribution in [0.4, 0.5) is 11.4 Å². The van der Waals surface area contributed by atoms with Gasteiger partial charge in [0.1, 0.15) is 0 Å². The minimum Gasteiger partial charge on any atom is -0.397 e. The Bertz CT molecular complexity index is 551.